The topological polar surface area (TPSA) is 26.7 Å². The van der Waals surface area contributed by atoms with Gasteiger partial charge in [-0.05, 0) is 44.0 Å². The number of benzene rings is 1. The lowest BCUT2D eigenvalue weighted by Crippen LogP contribution is -2.51. The Hall–Kier alpha value is -1.06. The first-order valence-electron chi connectivity index (χ1n) is 6.92. The van der Waals surface area contributed by atoms with Crippen molar-refractivity contribution >= 4 is 0 Å². The van der Waals surface area contributed by atoms with E-state index in [-0.39, 0.29) is 0 Å². The van der Waals surface area contributed by atoms with Crippen LogP contribution in [-0.4, -0.2) is 47.6 Å². The predicted octanol–water partition coefficient (Wildman–Crippen LogP) is 2.02. The van der Waals surface area contributed by atoms with Gasteiger partial charge in [0.05, 0.1) is 0 Å². The molecule has 3 rings (SSSR count). The van der Waals surface area contributed by atoms with Gasteiger partial charge in [0.15, 0.2) is 0 Å². The molecule has 0 aromatic heterocycles. The van der Waals surface area contributed by atoms with Crippen LogP contribution >= 0.6 is 0 Å². The van der Waals surface area contributed by atoms with E-state index in [4.69, 9.17) is 0 Å². The Labute approximate surface area is 109 Å². The number of hydrogen-bond acceptors (Lipinski definition) is 3. The van der Waals surface area contributed by atoms with Crippen molar-refractivity contribution in [3.8, 4) is 5.75 Å². The van der Waals surface area contributed by atoms with E-state index in [0.29, 0.717) is 17.8 Å². The van der Waals surface area contributed by atoms with E-state index in [1.807, 2.05) is 12.1 Å². The van der Waals surface area contributed by atoms with Gasteiger partial charge in [0.2, 0.25) is 0 Å². The molecule has 0 amide bonds. The van der Waals surface area contributed by atoms with E-state index >= 15 is 0 Å². The average Bonchev–Trinajstić information content (AvgIpc) is 2.74. The van der Waals surface area contributed by atoms with E-state index in [1.54, 1.807) is 0 Å². The van der Waals surface area contributed by atoms with Crippen molar-refractivity contribution in [3.63, 3.8) is 0 Å². The third kappa shape index (κ3) is 1.91. The fraction of sp³-hybridized carbons (Fsp3) is 0.600. The van der Waals surface area contributed by atoms with E-state index in [1.165, 1.54) is 11.1 Å². The maximum atomic E-state index is 9.93. The van der Waals surface area contributed by atoms with Crippen LogP contribution in [0.25, 0.3) is 0 Å². The first kappa shape index (κ1) is 12.0. The molecule has 3 nitrogen and oxygen atoms in total. The van der Waals surface area contributed by atoms with Crippen molar-refractivity contribution in [1.29, 1.82) is 0 Å². The zero-order valence-electron chi connectivity index (χ0n) is 11.3. The molecule has 1 fully saturated rings. The Morgan fingerprint density at radius 3 is 2.89 bits per heavy atom. The van der Waals surface area contributed by atoms with Crippen molar-refractivity contribution < 1.29 is 5.11 Å². The maximum absolute atomic E-state index is 9.93. The van der Waals surface area contributed by atoms with E-state index < -0.39 is 0 Å². The summed E-state index contributed by atoms with van der Waals surface area (Å²) in [6, 6.07) is 7.09. The summed E-state index contributed by atoms with van der Waals surface area (Å²) in [5.74, 6) is 0.483. The van der Waals surface area contributed by atoms with Crippen LogP contribution in [0, 0.1) is 0 Å². The number of likely N-dealkylation sites (N-methyl/N-ethyl adjacent to an activating group) is 1. The Bertz CT molecular complexity index is 446. The van der Waals surface area contributed by atoms with Crippen molar-refractivity contribution in [3.05, 3.63) is 29.3 Å². The fourth-order valence-electron chi connectivity index (χ4n) is 3.57. The summed E-state index contributed by atoms with van der Waals surface area (Å²) < 4.78 is 0. The monoisotopic (exact) mass is 246 g/mol. The number of rotatable bonds is 1. The molecule has 2 aliphatic rings. The molecule has 0 bridgehead atoms. The van der Waals surface area contributed by atoms with Gasteiger partial charge in [-0.25, -0.2) is 0 Å². The molecule has 1 aliphatic heterocycles. The molecule has 1 aliphatic carbocycles. The summed E-state index contributed by atoms with van der Waals surface area (Å²) in [4.78, 5) is 5.02. The predicted molar refractivity (Wildman–Crippen MR) is 72.8 cm³/mol. The smallest absolute Gasteiger partial charge is 0.119 e. The molecule has 0 radical (unpaired) electrons. The van der Waals surface area contributed by atoms with Gasteiger partial charge in [-0.1, -0.05) is 12.1 Å². The molecule has 1 heterocycles. The molecule has 1 aromatic carbocycles. The van der Waals surface area contributed by atoms with Gasteiger partial charge >= 0.3 is 0 Å². The quantitative estimate of drug-likeness (QED) is 0.821. The lowest BCUT2D eigenvalue weighted by atomic mass is 10.0. The molecule has 98 valence electrons. The van der Waals surface area contributed by atoms with E-state index in [0.717, 1.165) is 32.5 Å². The number of hydrogen-bond donors (Lipinski definition) is 1. The maximum Gasteiger partial charge on any atom is 0.119 e. The second-order valence-electron chi connectivity index (χ2n) is 5.75. The number of fused-ring (bicyclic) bond motifs is 1. The summed E-state index contributed by atoms with van der Waals surface area (Å²) in [5.41, 5.74) is 2.53. The minimum absolute atomic E-state index is 0.483. The van der Waals surface area contributed by atoms with Crippen LogP contribution < -0.4 is 0 Å². The first-order valence-corrected chi connectivity index (χ1v) is 6.92. The van der Waals surface area contributed by atoms with Crippen molar-refractivity contribution in [1.82, 2.24) is 9.80 Å². The van der Waals surface area contributed by atoms with Gasteiger partial charge in [0.25, 0.3) is 0 Å². The molecule has 0 saturated carbocycles. The number of piperazine rings is 1. The summed E-state index contributed by atoms with van der Waals surface area (Å²) in [7, 11) is 2.20. The van der Waals surface area contributed by atoms with Gasteiger partial charge in [-0.3, -0.25) is 4.90 Å². The highest BCUT2D eigenvalue weighted by Gasteiger charge is 2.33. The van der Waals surface area contributed by atoms with Gasteiger partial charge in [-0.15, -0.1) is 0 Å². The van der Waals surface area contributed by atoms with Crippen LogP contribution in [-0.2, 0) is 6.42 Å². The second-order valence-corrected chi connectivity index (χ2v) is 5.75. The minimum Gasteiger partial charge on any atom is -0.508 e. The van der Waals surface area contributed by atoms with Crippen molar-refractivity contribution in [2.45, 2.75) is 31.8 Å². The molecule has 1 N–H and O–H groups in total. The van der Waals surface area contributed by atoms with Crippen molar-refractivity contribution in [2.75, 3.05) is 26.7 Å². The van der Waals surface area contributed by atoms with Crippen LogP contribution in [0.1, 0.15) is 30.5 Å². The van der Waals surface area contributed by atoms with Crippen LogP contribution in [0.3, 0.4) is 0 Å². The standard InChI is InChI=1S/C15H22N2O/c1-11-10-16(2)8-9-17(11)14-7-6-13-12(14)4-3-5-15(13)18/h3-5,11,14,18H,6-10H2,1-2H3. The summed E-state index contributed by atoms with van der Waals surface area (Å²) in [6.45, 7) is 5.74. The third-order valence-corrected chi connectivity index (χ3v) is 4.50. The third-order valence-electron chi connectivity index (χ3n) is 4.50. The zero-order chi connectivity index (χ0) is 12.7. The summed E-state index contributed by atoms with van der Waals surface area (Å²) in [6.07, 6.45) is 2.17. The molecule has 1 aromatic rings. The number of nitrogens with zero attached hydrogens (tertiary/aromatic N) is 2. The highest BCUT2D eigenvalue weighted by atomic mass is 16.3. The number of phenolic OH excluding ortho intramolecular Hbond substituents is 1. The van der Waals surface area contributed by atoms with Crippen LogP contribution in [0.2, 0.25) is 0 Å². The van der Waals surface area contributed by atoms with Gasteiger partial charge in [-0.2, -0.15) is 0 Å². The second kappa shape index (κ2) is 4.56. The first-order chi connectivity index (χ1) is 8.66. The number of aromatic hydroxyl groups is 1. The molecule has 1 saturated heterocycles. The van der Waals surface area contributed by atoms with Crippen LogP contribution in [0.15, 0.2) is 18.2 Å². The molecule has 18 heavy (non-hydrogen) atoms. The highest BCUT2D eigenvalue weighted by Crippen LogP contribution is 2.40. The molecule has 2 atom stereocenters. The molecule has 2 unspecified atom stereocenters. The average molecular weight is 246 g/mol. The van der Waals surface area contributed by atoms with Crippen LogP contribution in [0.4, 0.5) is 0 Å². The largest absolute Gasteiger partial charge is 0.508 e. The molecule has 3 heteroatoms. The van der Waals surface area contributed by atoms with E-state index in [2.05, 4.69) is 29.8 Å². The Morgan fingerprint density at radius 1 is 1.28 bits per heavy atom. The Morgan fingerprint density at radius 2 is 2.11 bits per heavy atom. The van der Waals surface area contributed by atoms with E-state index in [9.17, 15) is 5.11 Å². The minimum atomic E-state index is 0.483. The Kier molecular flexibility index (Phi) is 3.04. The summed E-state index contributed by atoms with van der Waals surface area (Å²) >= 11 is 0. The highest BCUT2D eigenvalue weighted by molar-refractivity contribution is 5.44. The number of phenols is 1. The Balaban J connectivity index is 1.86. The van der Waals surface area contributed by atoms with Gasteiger partial charge in [0, 0.05) is 31.7 Å². The lowest BCUT2D eigenvalue weighted by molar-refractivity contribution is 0.0610. The van der Waals surface area contributed by atoms with Crippen LogP contribution in [0.5, 0.6) is 5.75 Å². The lowest BCUT2D eigenvalue weighted by Gasteiger charge is -2.42. The van der Waals surface area contributed by atoms with Gasteiger partial charge < -0.3 is 10.0 Å². The summed E-state index contributed by atoms with van der Waals surface area (Å²) in [5, 5.41) is 9.93. The SMILES string of the molecule is CC1CN(C)CCN1C1CCc2c(O)cccc21. The normalized spacial score (nSPS) is 29.4. The zero-order valence-corrected chi connectivity index (χ0v) is 11.3. The van der Waals surface area contributed by atoms with Gasteiger partial charge in [0.1, 0.15) is 5.75 Å². The molecular weight excluding hydrogens is 224 g/mol. The molecule has 0 spiro atoms. The molecular formula is C15H22N2O. The fourth-order valence-corrected chi connectivity index (χ4v) is 3.57. The van der Waals surface area contributed by atoms with Crippen molar-refractivity contribution in [2.24, 2.45) is 0 Å².